The van der Waals surface area contributed by atoms with Crippen LogP contribution in [0.1, 0.15) is 0 Å². The molecule has 3 heterocycles. The number of carbonyl (C=O) groups excluding carboxylic acids is 1. The number of nitrogens with one attached hydrogen (secondary N) is 4. The molecule has 0 spiro atoms. The van der Waals surface area contributed by atoms with Gasteiger partial charge < -0.3 is 15.6 Å². The van der Waals surface area contributed by atoms with Crippen molar-refractivity contribution in [2.24, 2.45) is 0 Å². The fourth-order valence-electron chi connectivity index (χ4n) is 3.87. The lowest BCUT2D eigenvalue weighted by molar-refractivity contribution is 0.233. The maximum atomic E-state index is 12.2. The van der Waals surface area contributed by atoms with Gasteiger partial charge in [-0.1, -0.05) is 35.6 Å². The van der Waals surface area contributed by atoms with Crippen molar-refractivity contribution in [3.63, 3.8) is 0 Å². The van der Waals surface area contributed by atoms with E-state index in [0.29, 0.717) is 11.7 Å². The molecule has 0 saturated carbocycles. The third kappa shape index (κ3) is 4.02. The summed E-state index contributed by atoms with van der Waals surface area (Å²) in [5.74, 6) is 0. The molecule has 2 amide bonds. The molecule has 2 aromatic heterocycles. The maximum absolute atomic E-state index is 12.2. The number of H-pyrrole nitrogens is 1. The van der Waals surface area contributed by atoms with Gasteiger partial charge in [0.15, 0.2) is 5.13 Å². The number of piperazine rings is 1. The third-order valence-electron chi connectivity index (χ3n) is 5.43. The number of carbonyl (C=O) groups is 1. The minimum Gasteiger partial charge on any atom is -0.361 e. The summed E-state index contributed by atoms with van der Waals surface area (Å²) >= 11 is 1.49. The molecule has 5 rings (SSSR count). The molecule has 0 radical (unpaired) electrons. The highest BCUT2D eigenvalue weighted by Crippen LogP contribution is 2.33. The summed E-state index contributed by atoms with van der Waals surface area (Å²) in [5.41, 5.74) is 4.31. The van der Waals surface area contributed by atoms with Crippen molar-refractivity contribution in [1.82, 2.24) is 25.5 Å². The standard InChI is InChI=1S/C22H24N6OS/c29-21(25-10-13-28-11-8-23-9-12-28)27-22-26-18-5-4-16(14-19(18)30-22)17-3-1-2-15-6-7-24-20(15)17/h1-7,14,23-24H,8-13H2,(H2,25,26,27,29). The van der Waals surface area contributed by atoms with Crippen molar-refractivity contribution in [3.05, 3.63) is 48.7 Å². The van der Waals surface area contributed by atoms with E-state index >= 15 is 0 Å². The number of nitrogens with zero attached hydrogens (tertiary/aromatic N) is 2. The predicted molar refractivity (Wildman–Crippen MR) is 123 cm³/mol. The van der Waals surface area contributed by atoms with E-state index in [1.165, 1.54) is 16.7 Å². The summed E-state index contributed by atoms with van der Waals surface area (Å²) in [4.78, 5) is 22.5. The minimum absolute atomic E-state index is 0.208. The highest BCUT2D eigenvalue weighted by atomic mass is 32.1. The summed E-state index contributed by atoms with van der Waals surface area (Å²) in [6, 6.07) is 14.4. The Balaban J connectivity index is 1.26. The van der Waals surface area contributed by atoms with Crippen molar-refractivity contribution in [2.45, 2.75) is 0 Å². The van der Waals surface area contributed by atoms with Crippen LogP contribution >= 0.6 is 11.3 Å². The van der Waals surface area contributed by atoms with Gasteiger partial charge in [-0.15, -0.1) is 0 Å². The fourth-order valence-corrected chi connectivity index (χ4v) is 4.77. The highest BCUT2D eigenvalue weighted by molar-refractivity contribution is 7.22. The number of amides is 2. The summed E-state index contributed by atoms with van der Waals surface area (Å²) < 4.78 is 1.05. The number of aromatic nitrogens is 2. The Hall–Kier alpha value is -2.94. The summed E-state index contributed by atoms with van der Waals surface area (Å²) in [5, 5.41) is 10.9. The van der Waals surface area contributed by atoms with E-state index in [4.69, 9.17) is 0 Å². The van der Waals surface area contributed by atoms with Gasteiger partial charge in [0, 0.05) is 51.0 Å². The first kappa shape index (κ1) is 19.0. The quantitative estimate of drug-likeness (QED) is 0.398. The second-order valence-corrected chi connectivity index (χ2v) is 8.45. The first-order chi connectivity index (χ1) is 14.8. The molecule has 1 aliphatic rings. The first-order valence-corrected chi connectivity index (χ1v) is 11.0. The normalized spacial score (nSPS) is 14.9. The molecule has 1 aliphatic heterocycles. The van der Waals surface area contributed by atoms with Crippen LogP contribution in [0, 0.1) is 0 Å². The lowest BCUT2D eigenvalue weighted by atomic mass is 10.0. The topological polar surface area (TPSA) is 85.1 Å². The van der Waals surface area contributed by atoms with Crippen LogP contribution in [-0.2, 0) is 0 Å². The molecule has 7 nitrogen and oxygen atoms in total. The number of benzene rings is 2. The van der Waals surface area contributed by atoms with Gasteiger partial charge in [0.25, 0.3) is 0 Å². The van der Waals surface area contributed by atoms with Gasteiger partial charge in [0.2, 0.25) is 0 Å². The number of fused-ring (bicyclic) bond motifs is 2. The third-order valence-corrected chi connectivity index (χ3v) is 6.36. The molecule has 4 N–H and O–H groups in total. The zero-order valence-corrected chi connectivity index (χ0v) is 17.4. The van der Waals surface area contributed by atoms with E-state index in [9.17, 15) is 4.79 Å². The summed E-state index contributed by atoms with van der Waals surface area (Å²) in [7, 11) is 0. The van der Waals surface area contributed by atoms with Crippen molar-refractivity contribution in [2.75, 3.05) is 44.6 Å². The SMILES string of the molecule is O=C(NCCN1CCNCC1)Nc1nc2ccc(-c3cccc4cc[nH]c34)cc2s1. The molecule has 1 fully saturated rings. The van der Waals surface area contributed by atoms with E-state index in [1.54, 1.807) is 0 Å². The fraction of sp³-hybridized carbons (Fsp3) is 0.273. The summed E-state index contributed by atoms with van der Waals surface area (Å²) in [6.07, 6.45) is 1.96. The lowest BCUT2D eigenvalue weighted by Gasteiger charge is -2.27. The van der Waals surface area contributed by atoms with Crippen LogP contribution in [0.15, 0.2) is 48.7 Å². The number of hydrogen-bond donors (Lipinski definition) is 4. The molecular formula is C22H24N6OS. The zero-order valence-electron chi connectivity index (χ0n) is 16.6. The van der Waals surface area contributed by atoms with Crippen LogP contribution in [0.5, 0.6) is 0 Å². The molecule has 30 heavy (non-hydrogen) atoms. The van der Waals surface area contributed by atoms with Gasteiger partial charge in [0.05, 0.1) is 15.7 Å². The van der Waals surface area contributed by atoms with E-state index in [-0.39, 0.29) is 6.03 Å². The van der Waals surface area contributed by atoms with Crippen LogP contribution in [0.4, 0.5) is 9.93 Å². The highest BCUT2D eigenvalue weighted by Gasteiger charge is 2.12. The molecule has 0 bridgehead atoms. The molecule has 0 aliphatic carbocycles. The largest absolute Gasteiger partial charge is 0.361 e. The molecule has 1 saturated heterocycles. The number of thiazole rings is 1. The minimum atomic E-state index is -0.208. The summed E-state index contributed by atoms with van der Waals surface area (Å²) in [6.45, 7) is 5.57. The van der Waals surface area contributed by atoms with Gasteiger partial charge in [-0.2, -0.15) is 0 Å². The molecular weight excluding hydrogens is 396 g/mol. The van der Waals surface area contributed by atoms with Crippen LogP contribution in [0.2, 0.25) is 0 Å². The van der Waals surface area contributed by atoms with Gasteiger partial charge >= 0.3 is 6.03 Å². The number of hydrogen-bond acceptors (Lipinski definition) is 5. The molecule has 0 unspecified atom stereocenters. The van der Waals surface area contributed by atoms with Crippen LogP contribution in [0.3, 0.4) is 0 Å². The number of urea groups is 1. The zero-order chi connectivity index (χ0) is 20.3. The molecule has 154 valence electrons. The van der Waals surface area contributed by atoms with E-state index in [2.05, 4.69) is 67.2 Å². The monoisotopic (exact) mass is 420 g/mol. The average Bonchev–Trinajstić information content (AvgIpc) is 3.40. The van der Waals surface area contributed by atoms with Gasteiger partial charge in [-0.3, -0.25) is 10.2 Å². The molecule has 4 aromatic rings. The Morgan fingerprint density at radius 3 is 2.97 bits per heavy atom. The number of para-hydroxylation sites is 1. The smallest absolute Gasteiger partial charge is 0.321 e. The second-order valence-electron chi connectivity index (χ2n) is 7.42. The molecule has 2 aromatic carbocycles. The Kier molecular flexibility index (Phi) is 5.35. The Labute approximate surface area is 178 Å². The van der Waals surface area contributed by atoms with Crippen LogP contribution in [-0.4, -0.2) is 60.2 Å². The van der Waals surface area contributed by atoms with Gasteiger partial charge in [0.1, 0.15) is 0 Å². The molecule has 8 heteroatoms. The van der Waals surface area contributed by atoms with Crippen molar-refractivity contribution < 1.29 is 4.79 Å². The van der Waals surface area contributed by atoms with Gasteiger partial charge in [-0.25, -0.2) is 9.78 Å². The Bertz CT molecular complexity index is 1180. The van der Waals surface area contributed by atoms with E-state index < -0.39 is 0 Å². The number of aromatic amines is 1. The van der Waals surface area contributed by atoms with E-state index in [0.717, 1.165) is 59.6 Å². The first-order valence-electron chi connectivity index (χ1n) is 10.2. The molecule has 0 atom stereocenters. The van der Waals surface area contributed by atoms with Crippen LogP contribution < -0.4 is 16.0 Å². The van der Waals surface area contributed by atoms with Crippen molar-refractivity contribution >= 4 is 43.6 Å². The Morgan fingerprint density at radius 2 is 2.07 bits per heavy atom. The number of anilines is 1. The van der Waals surface area contributed by atoms with Crippen molar-refractivity contribution in [1.29, 1.82) is 0 Å². The Morgan fingerprint density at radius 1 is 1.17 bits per heavy atom. The second kappa shape index (κ2) is 8.43. The average molecular weight is 421 g/mol. The van der Waals surface area contributed by atoms with Crippen LogP contribution in [0.25, 0.3) is 32.2 Å². The van der Waals surface area contributed by atoms with Gasteiger partial charge in [-0.05, 0) is 29.1 Å². The lowest BCUT2D eigenvalue weighted by Crippen LogP contribution is -2.46. The van der Waals surface area contributed by atoms with E-state index in [1.807, 2.05) is 12.3 Å². The maximum Gasteiger partial charge on any atom is 0.321 e. The predicted octanol–water partition coefficient (Wildman–Crippen LogP) is 3.47. The number of rotatable bonds is 5. The van der Waals surface area contributed by atoms with Crippen molar-refractivity contribution in [3.8, 4) is 11.1 Å².